The summed E-state index contributed by atoms with van der Waals surface area (Å²) in [7, 11) is 0. The van der Waals surface area contributed by atoms with Crippen LogP contribution in [0.25, 0.3) is 11.4 Å². The van der Waals surface area contributed by atoms with Crippen molar-refractivity contribution >= 4 is 5.91 Å². The Morgan fingerprint density at radius 2 is 1.87 bits per heavy atom. The molecule has 0 radical (unpaired) electrons. The molecule has 0 aliphatic heterocycles. The number of aryl methyl sites for hydroxylation is 1. The monoisotopic (exact) mass is 313 g/mol. The van der Waals surface area contributed by atoms with Crippen molar-refractivity contribution in [3.63, 3.8) is 0 Å². The zero-order valence-corrected chi connectivity index (χ0v) is 13.2. The van der Waals surface area contributed by atoms with Crippen LogP contribution >= 0.6 is 0 Å². The van der Waals surface area contributed by atoms with E-state index in [4.69, 9.17) is 0 Å². The SMILES string of the molecule is Cc1nc(-c2ccc(F)cc2)ncc1C(=O)NC1CCCCC1. The highest BCUT2D eigenvalue weighted by atomic mass is 19.1. The number of hydrogen-bond acceptors (Lipinski definition) is 3. The lowest BCUT2D eigenvalue weighted by atomic mass is 9.95. The second-order valence-corrected chi connectivity index (χ2v) is 6.01. The molecule has 5 heteroatoms. The molecule has 1 heterocycles. The van der Waals surface area contributed by atoms with Gasteiger partial charge in [-0.2, -0.15) is 0 Å². The largest absolute Gasteiger partial charge is 0.349 e. The lowest BCUT2D eigenvalue weighted by Gasteiger charge is -2.23. The fraction of sp³-hybridized carbons (Fsp3) is 0.389. The summed E-state index contributed by atoms with van der Waals surface area (Å²) in [6.07, 6.45) is 7.23. The van der Waals surface area contributed by atoms with E-state index in [9.17, 15) is 9.18 Å². The minimum Gasteiger partial charge on any atom is -0.349 e. The fourth-order valence-electron chi connectivity index (χ4n) is 2.94. The maximum absolute atomic E-state index is 13.0. The molecule has 0 bridgehead atoms. The van der Waals surface area contributed by atoms with Crippen LogP contribution in [0.3, 0.4) is 0 Å². The molecular formula is C18H20FN3O. The van der Waals surface area contributed by atoms with Gasteiger partial charge in [0, 0.05) is 17.8 Å². The quantitative estimate of drug-likeness (QED) is 0.941. The average molecular weight is 313 g/mol. The zero-order chi connectivity index (χ0) is 16.2. The summed E-state index contributed by atoms with van der Waals surface area (Å²) in [5.74, 6) is 0.0886. The minimum absolute atomic E-state index is 0.111. The Labute approximate surface area is 135 Å². The number of halogens is 1. The molecule has 1 saturated carbocycles. The average Bonchev–Trinajstić information content (AvgIpc) is 2.56. The Bertz CT molecular complexity index is 694. The second-order valence-electron chi connectivity index (χ2n) is 6.01. The zero-order valence-electron chi connectivity index (χ0n) is 13.2. The van der Waals surface area contributed by atoms with Gasteiger partial charge in [-0.25, -0.2) is 14.4 Å². The van der Waals surface area contributed by atoms with Gasteiger partial charge in [-0.05, 0) is 44.0 Å². The van der Waals surface area contributed by atoms with E-state index in [1.165, 1.54) is 31.4 Å². The molecule has 1 aliphatic rings. The number of hydrogen-bond donors (Lipinski definition) is 1. The van der Waals surface area contributed by atoms with Crippen molar-refractivity contribution in [1.29, 1.82) is 0 Å². The first-order valence-corrected chi connectivity index (χ1v) is 8.04. The van der Waals surface area contributed by atoms with Crippen molar-refractivity contribution in [2.24, 2.45) is 0 Å². The number of amides is 1. The molecule has 2 aromatic rings. The number of carbonyl (C=O) groups is 1. The predicted octanol–water partition coefficient (Wildman–Crippen LogP) is 3.65. The summed E-state index contributed by atoms with van der Waals surface area (Å²) in [6.45, 7) is 1.80. The van der Waals surface area contributed by atoms with Gasteiger partial charge in [-0.3, -0.25) is 4.79 Å². The molecule has 1 amide bonds. The Morgan fingerprint density at radius 1 is 1.17 bits per heavy atom. The highest BCUT2D eigenvalue weighted by Gasteiger charge is 2.19. The summed E-state index contributed by atoms with van der Waals surface area (Å²) in [6, 6.07) is 6.26. The summed E-state index contributed by atoms with van der Waals surface area (Å²) in [5, 5.41) is 3.07. The van der Waals surface area contributed by atoms with E-state index in [1.54, 1.807) is 25.3 Å². The number of benzene rings is 1. The summed E-state index contributed by atoms with van der Waals surface area (Å²) < 4.78 is 13.0. The molecule has 23 heavy (non-hydrogen) atoms. The van der Waals surface area contributed by atoms with Crippen molar-refractivity contribution < 1.29 is 9.18 Å². The Hall–Kier alpha value is -2.30. The van der Waals surface area contributed by atoms with Crippen molar-refractivity contribution in [2.45, 2.75) is 45.1 Å². The summed E-state index contributed by atoms with van der Waals surface area (Å²) in [4.78, 5) is 21.0. The highest BCUT2D eigenvalue weighted by Crippen LogP contribution is 2.19. The normalized spacial score (nSPS) is 15.4. The van der Waals surface area contributed by atoms with Crippen molar-refractivity contribution in [2.75, 3.05) is 0 Å². The van der Waals surface area contributed by atoms with E-state index < -0.39 is 0 Å². The van der Waals surface area contributed by atoms with E-state index >= 15 is 0 Å². The number of rotatable bonds is 3. The van der Waals surface area contributed by atoms with Crippen molar-refractivity contribution in [1.82, 2.24) is 15.3 Å². The molecule has 120 valence electrons. The smallest absolute Gasteiger partial charge is 0.254 e. The Kier molecular flexibility index (Phi) is 4.65. The van der Waals surface area contributed by atoms with E-state index in [2.05, 4.69) is 15.3 Å². The van der Waals surface area contributed by atoms with Crippen molar-refractivity contribution in [3.8, 4) is 11.4 Å². The highest BCUT2D eigenvalue weighted by molar-refractivity contribution is 5.95. The van der Waals surface area contributed by atoms with Gasteiger partial charge in [0.2, 0.25) is 0 Å². The number of aromatic nitrogens is 2. The van der Waals surface area contributed by atoms with Gasteiger partial charge < -0.3 is 5.32 Å². The molecule has 1 aliphatic carbocycles. The molecule has 1 aromatic carbocycles. The molecule has 3 rings (SSSR count). The molecule has 1 N–H and O–H groups in total. The topological polar surface area (TPSA) is 54.9 Å². The van der Waals surface area contributed by atoms with Crippen LogP contribution in [0.1, 0.15) is 48.2 Å². The summed E-state index contributed by atoms with van der Waals surface area (Å²) >= 11 is 0. The van der Waals surface area contributed by atoms with Gasteiger partial charge in [-0.1, -0.05) is 19.3 Å². The second kappa shape index (κ2) is 6.86. The van der Waals surface area contributed by atoms with Gasteiger partial charge in [0.1, 0.15) is 5.82 Å². The van der Waals surface area contributed by atoms with Crippen LogP contribution in [0.5, 0.6) is 0 Å². The third kappa shape index (κ3) is 3.73. The van der Waals surface area contributed by atoms with Gasteiger partial charge in [0.25, 0.3) is 5.91 Å². The molecule has 4 nitrogen and oxygen atoms in total. The molecule has 0 spiro atoms. The van der Waals surface area contributed by atoms with Crippen LogP contribution in [0.15, 0.2) is 30.5 Å². The van der Waals surface area contributed by atoms with Crippen LogP contribution < -0.4 is 5.32 Å². The van der Waals surface area contributed by atoms with E-state index in [0.29, 0.717) is 17.1 Å². The number of nitrogens with zero attached hydrogens (tertiary/aromatic N) is 2. The van der Waals surface area contributed by atoms with Gasteiger partial charge in [-0.15, -0.1) is 0 Å². The summed E-state index contributed by atoms with van der Waals surface area (Å²) in [5.41, 5.74) is 1.86. The van der Waals surface area contributed by atoms with Crippen LogP contribution in [0, 0.1) is 12.7 Å². The lowest BCUT2D eigenvalue weighted by Crippen LogP contribution is -2.36. The standard InChI is InChI=1S/C18H20FN3O/c1-12-16(18(23)22-15-5-3-2-4-6-15)11-20-17(21-12)13-7-9-14(19)10-8-13/h7-11,15H,2-6H2,1H3,(H,22,23). The van der Waals surface area contributed by atoms with E-state index in [-0.39, 0.29) is 17.8 Å². The first kappa shape index (κ1) is 15.6. The molecule has 0 saturated heterocycles. The van der Waals surface area contributed by atoms with Crippen molar-refractivity contribution in [3.05, 3.63) is 47.5 Å². The first-order valence-electron chi connectivity index (χ1n) is 8.04. The molecule has 1 aromatic heterocycles. The Balaban J connectivity index is 1.76. The molecular weight excluding hydrogens is 293 g/mol. The van der Waals surface area contributed by atoms with Crippen LogP contribution in [0.2, 0.25) is 0 Å². The van der Waals surface area contributed by atoms with E-state index in [1.807, 2.05) is 0 Å². The van der Waals surface area contributed by atoms with Gasteiger partial charge >= 0.3 is 0 Å². The first-order chi connectivity index (χ1) is 11.1. The van der Waals surface area contributed by atoms with E-state index in [0.717, 1.165) is 18.4 Å². The van der Waals surface area contributed by atoms with Crippen LogP contribution in [-0.4, -0.2) is 21.9 Å². The predicted molar refractivity (Wildman–Crippen MR) is 86.5 cm³/mol. The number of nitrogens with one attached hydrogen (secondary N) is 1. The molecule has 0 unspecified atom stereocenters. The maximum Gasteiger partial charge on any atom is 0.254 e. The molecule has 0 atom stereocenters. The Morgan fingerprint density at radius 3 is 2.52 bits per heavy atom. The maximum atomic E-state index is 13.0. The van der Waals surface area contributed by atoms with Crippen LogP contribution in [0.4, 0.5) is 4.39 Å². The third-order valence-corrected chi connectivity index (χ3v) is 4.27. The lowest BCUT2D eigenvalue weighted by molar-refractivity contribution is 0.0926. The van der Waals surface area contributed by atoms with Crippen LogP contribution in [-0.2, 0) is 0 Å². The van der Waals surface area contributed by atoms with Gasteiger partial charge in [0.05, 0.1) is 11.3 Å². The van der Waals surface area contributed by atoms with Gasteiger partial charge in [0.15, 0.2) is 5.82 Å². The third-order valence-electron chi connectivity index (χ3n) is 4.27. The molecule has 1 fully saturated rings. The fourth-order valence-corrected chi connectivity index (χ4v) is 2.94. The minimum atomic E-state index is -0.297. The number of carbonyl (C=O) groups excluding carboxylic acids is 1.